The minimum atomic E-state index is 0.0510. The summed E-state index contributed by atoms with van der Waals surface area (Å²) in [6, 6.07) is 0. The second-order valence-electron chi connectivity index (χ2n) is 7.33. The normalized spacial score (nSPS) is 19.6. The molecule has 3 heterocycles. The van der Waals surface area contributed by atoms with Crippen LogP contribution >= 0.6 is 0 Å². The number of nitrogens with one attached hydrogen (secondary N) is 2. The van der Waals surface area contributed by atoms with Gasteiger partial charge in [-0.2, -0.15) is 0 Å². The van der Waals surface area contributed by atoms with Crippen molar-refractivity contribution in [3.05, 3.63) is 11.6 Å². The van der Waals surface area contributed by atoms with Crippen LogP contribution in [0.4, 0.5) is 0 Å². The van der Waals surface area contributed by atoms with E-state index in [1.807, 2.05) is 0 Å². The van der Waals surface area contributed by atoms with Crippen molar-refractivity contribution in [1.29, 1.82) is 0 Å². The van der Waals surface area contributed by atoms with E-state index in [0.717, 1.165) is 63.4 Å². The van der Waals surface area contributed by atoms with Crippen molar-refractivity contribution in [2.24, 2.45) is 4.99 Å². The molecule has 1 aromatic rings. The monoisotopic (exact) mass is 349 g/mol. The number of nitrogens with zero attached hydrogens (tertiary/aromatic N) is 5. The molecule has 2 aliphatic rings. The third-order valence-electron chi connectivity index (χ3n) is 5.13. The minimum absolute atomic E-state index is 0.0510. The maximum absolute atomic E-state index is 5.45. The van der Waals surface area contributed by atoms with E-state index >= 15 is 0 Å². The van der Waals surface area contributed by atoms with Gasteiger partial charge in [0.1, 0.15) is 5.82 Å². The minimum Gasteiger partial charge on any atom is -0.379 e. The van der Waals surface area contributed by atoms with Gasteiger partial charge in [-0.3, -0.25) is 9.89 Å². The van der Waals surface area contributed by atoms with Crippen LogP contribution in [-0.4, -0.2) is 71.1 Å². The lowest BCUT2D eigenvalue weighted by Gasteiger charge is -2.41. The Hall–Kier alpha value is -1.67. The lowest BCUT2D eigenvalue weighted by molar-refractivity contribution is -0.00834. The number of aromatic nitrogens is 3. The molecule has 0 aliphatic carbocycles. The number of guanidine groups is 1. The average Bonchev–Trinajstić information content (AvgIpc) is 3.06. The number of morpholine rings is 1. The maximum atomic E-state index is 5.45. The van der Waals surface area contributed by atoms with E-state index in [0.29, 0.717) is 6.54 Å². The summed E-state index contributed by atoms with van der Waals surface area (Å²) in [5.74, 6) is 2.90. The Morgan fingerprint density at radius 3 is 2.72 bits per heavy atom. The average molecular weight is 349 g/mol. The van der Waals surface area contributed by atoms with Crippen molar-refractivity contribution < 1.29 is 4.74 Å². The predicted octanol–water partition coefficient (Wildman–Crippen LogP) is 0.390. The first-order valence-corrected chi connectivity index (χ1v) is 9.28. The number of aliphatic imine (C=N–C) groups is 1. The molecule has 140 valence electrons. The zero-order chi connectivity index (χ0) is 17.7. The molecule has 0 unspecified atom stereocenters. The van der Waals surface area contributed by atoms with E-state index < -0.39 is 0 Å². The summed E-state index contributed by atoms with van der Waals surface area (Å²) in [7, 11) is 1.80. The van der Waals surface area contributed by atoms with Crippen molar-refractivity contribution in [3.8, 4) is 0 Å². The van der Waals surface area contributed by atoms with Gasteiger partial charge in [0.25, 0.3) is 0 Å². The largest absolute Gasteiger partial charge is 0.379 e. The van der Waals surface area contributed by atoms with E-state index in [1.54, 1.807) is 7.05 Å². The van der Waals surface area contributed by atoms with Gasteiger partial charge in [0, 0.05) is 45.2 Å². The molecule has 0 spiro atoms. The molecule has 3 rings (SSSR count). The van der Waals surface area contributed by atoms with Crippen LogP contribution in [0.2, 0.25) is 0 Å². The summed E-state index contributed by atoms with van der Waals surface area (Å²) in [5.41, 5.74) is 0.0510. The van der Waals surface area contributed by atoms with Gasteiger partial charge >= 0.3 is 0 Å². The van der Waals surface area contributed by atoms with E-state index in [-0.39, 0.29) is 5.54 Å². The summed E-state index contributed by atoms with van der Waals surface area (Å²) in [6.07, 6.45) is 3.46. The Balaban J connectivity index is 1.50. The summed E-state index contributed by atoms with van der Waals surface area (Å²) in [6.45, 7) is 10.6. The van der Waals surface area contributed by atoms with Crippen LogP contribution in [0.25, 0.3) is 0 Å². The highest BCUT2D eigenvalue weighted by molar-refractivity contribution is 5.79. The third kappa shape index (κ3) is 4.49. The Kier molecular flexibility index (Phi) is 5.90. The first-order valence-electron chi connectivity index (χ1n) is 9.28. The fraction of sp³-hybridized carbons (Fsp3) is 0.824. The molecule has 1 saturated heterocycles. The second-order valence-corrected chi connectivity index (χ2v) is 7.33. The Morgan fingerprint density at radius 2 is 1.96 bits per heavy atom. The third-order valence-corrected chi connectivity index (χ3v) is 5.13. The Labute approximate surface area is 150 Å². The van der Waals surface area contributed by atoms with Gasteiger partial charge in [0.05, 0.1) is 19.8 Å². The number of hydrogen-bond acceptors (Lipinski definition) is 5. The van der Waals surface area contributed by atoms with Gasteiger partial charge in [-0.05, 0) is 26.7 Å². The van der Waals surface area contributed by atoms with E-state index in [1.165, 1.54) is 12.8 Å². The fourth-order valence-corrected chi connectivity index (χ4v) is 3.46. The maximum Gasteiger partial charge on any atom is 0.191 e. The molecule has 8 nitrogen and oxygen atoms in total. The SMILES string of the molecule is CN=C(NCc1nnc2n1CCCC2)NCC(C)(C)N1CCOCC1. The highest BCUT2D eigenvalue weighted by Crippen LogP contribution is 2.15. The summed E-state index contributed by atoms with van der Waals surface area (Å²) in [4.78, 5) is 6.81. The summed E-state index contributed by atoms with van der Waals surface area (Å²) >= 11 is 0. The molecule has 0 atom stereocenters. The van der Waals surface area contributed by atoms with Crippen molar-refractivity contribution >= 4 is 5.96 Å². The zero-order valence-electron chi connectivity index (χ0n) is 15.7. The van der Waals surface area contributed by atoms with Gasteiger partial charge in [-0.1, -0.05) is 0 Å². The standard InChI is InChI=1S/C17H31N7O/c1-17(2,23-8-10-25-11-9-23)13-20-16(18-3)19-12-15-22-21-14-6-4-5-7-24(14)15/h4-13H2,1-3H3,(H2,18,19,20). The lowest BCUT2D eigenvalue weighted by atomic mass is 10.0. The first kappa shape index (κ1) is 18.1. The highest BCUT2D eigenvalue weighted by atomic mass is 16.5. The summed E-state index contributed by atoms with van der Waals surface area (Å²) < 4.78 is 7.69. The molecule has 0 saturated carbocycles. The van der Waals surface area contributed by atoms with Gasteiger partial charge in [0.2, 0.25) is 0 Å². The van der Waals surface area contributed by atoms with Crippen LogP contribution in [0.15, 0.2) is 4.99 Å². The number of ether oxygens (including phenoxy) is 1. The highest BCUT2D eigenvalue weighted by Gasteiger charge is 2.28. The second kappa shape index (κ2) is 8.14. The molecular formula is C17H31N7O. The van der Waals surface area contributed by atoms with Crippen molar-refractivity contribution in [2.75, 3.05) is 39.9 Å². The van der Waals surface area contributed by atoms with Gasteiger partial charge in [-0.15, -0.1) is 10.2 Å². The number of rotatable bonds is 5. The Bertz CT molecular complexity index is 590. The molecular weight excluding hydrogens is 318 g/mol. The molecule has 0 amide bonds. The quantitative estimate of drug-likeness (QED) is 0.591. The van der Waals surface area contributed by atoms with Gasteiger partial charge in [0.15, 0.2) is 11.8 Å². The van der Waals surface area contributed by atoms with Crippen LogP contribution in [0, 0.1) is 0 Å². The van der Waals surface area contributed by atoms with Crippen LogP contribution in [0.5, 0.6) is 0 Å². The molecule has 0 bridgehead atoms. The van der Waals surface area contributed by atoms with Crippen LogP contribution < -0.4 is 10.6 Å². The molecule has 0 aromatic carbocycles. The fourth-order valence-electron chi connectivity index (χ4n) is 3.46. The molecule has 2 N–H and O–H groups in total. The number of hydrogen-bond donors (Lipinski definition) is 2. The Morgan fingerprint density at radius 1 is 1.16 bits per heavy atom. The van der Waals surface area contributed by atoms with E-state index in [2.05, 4.69) is 49.1 Å². The molecule has 8 heteroatoms. The van der Waals surface area contributed by atoms with Crippen molar-refractivity contribution in [3.63, 3.8) is 0 Å². The van der Waals surface area contributed by atoms with E-state index in [9.17, 15) is 0 Å². The van der Waals surface area contributed by atoms with E-state index in [4.69, 9.17) is 4.74 Å². The van der Waals surface area contributed by atoms with Crippen molar-refractivity contribution in [2.45, 2.75) is 51.7 Å². The number of fused-ring (bicyclic) bond motifs is 1. The summed E-state index contributed by atoms with van der Waals surface area (Å²) in [5, 5.41) is 15.5. The topological polar surface area (TPSA) is 79.6 Å². The first-order chi connectivity index (χ1) is 12.1. The van der Waals surface area contributed by atoms with Crippen LogP contribution in [0.3, 0.4) is 0 Å². The lowest BCUT2D eigenvalue weighted by Crippen LogP contribution is -2.56. The molecule has 2 aliphatic heterocycles. The number of aryl methyl sites for hydroxylation is 1. The van der Waals surface area contributed by atoms with Gasteiger partial charge < -0.3 is 19.9 Å². The van der Waals surface area contributed by atoms with Crippen LogP contribution in [-0.2, 0) is 24.2 Å². The molecule has 0 radical (unpaired) electrons. The zero-order valence-corrected chi connectivity index (χ0v) is 15.7. The predicted molar refractivity (Wildman–Crippen MR) is 97.6 cm³/mol. The van der Waals surface area contributed by atoms with Gasteiger partial charge in [-0.25, -0.2) is 0 Å². The van der Waals surface area contributed by atoms with Crippen molar-refractivity contribution in [1.82, 2.24) is 30.3 Å². The van der Waals surface area contributed by atoms with Crippen LogP contribution in [0.1, 0.15) is 38.3 Å². The molecule has 1 fully saturated rings. The smallest absolute Gasteiger partial charge is 0.191 e. The molecule has 25 heavy (non-hydrogen) atoms. The molecule has 1 aromatic heterocycles.